The van der Waals surface area contributed by atoms with Crippen LogP contribution in [0.1, 0.15) is 21.5 Å². The summed E-state index contributed by atoms with van der Waals surface area (Å²) in [6.07, 6.45) is 0. The highest BCUT2D eigenvalue weighted by atomic mass is 28.3. The van der Waals surface area contributed by atoms with Gasteiger partial charge in [0, 0.05) is 65.6 Å². The number of aryl methyl sites for hydroxylation is 1. The van der Waals surface area contributed by atoms with E-state index in [1.807, 2.05) is 31.2 Å². The molecule has 11 nitrogen and oxygen atoms in total. The zero-order valence-electron chi connectivity index (χ0n) is 32.5. The van der Waals surface area contributed by atoms with Crippen molar-refractivity contribution in [3.05, 3.63) is 95.3 Å². The second kappa shape index (κ2) is 18.4. The molecule has 0 spiro atoms. The lowest BCUT2D eigenvalue weighted by molar-refractivity contribution is 0.0564. The van der Waals surface area contributed by atoms with Crippen LogP contribution >= 0.6 is 0 Å². The van der Waals surface area contributed by atoms with Crippen molar-refractivity contribution in [1.82, 2.24) is 24.3 Å². The molecule has 1 aliphatic heterocycles. The Labute approximate surface area is 323 Å². The molecule has 2 aromatic heterocycles. The van der Waals surface area contributed by atoms with Gasteiger partial charge in [0.15, 0.2) is 11.5 Å². The lowest BCUT2D eigenvalue weighted by Crippen LogP contribution is -2.46. The van der Waals surface area contributed by atoms with Crippen LogP contribution in [-0.2, 0) is 27.5 Å². The van der Waals surface area contributed by atoms with Crippen LogP contribution in [0.2, 0.25) is 25.7 Å². The number of ether oxygens (including phenoxy) is 4. The van der Waals surface area contributed by atoms with E-state index in [0.29, 0.717) is 47.9 Å². The molecule has 0 bridgehead atoms. The van der Waals surface area contributed by atoms with Crippen molar-refractivity contribution in [3.8, 4) is 34.1 Å². The summed E-state index contributed by atoms with van der Waals surface area (Å²) in [4.78, 5) is 26.6. The molecule has 3 heterocycles. The number of fused-ring (bicyclic) bond motifs is 1. The Balaban J connectivity index is 1.16. The van der Waals surface area contributed by atoms with Gasteiger partial charge in [0.2, 0.25) is 0 Å². The van der Waals surface area contributed by atoms with Gasteiger partial charge >= 0.3 is 12.0 Å². The number of pyridine rings is 1. The summed E-state index contributed by atoms with van der Waals surface area (Å²) in [5.41, 5.74) is 6.05. The fourth-order valence-electron chi connectivity index (χ4n) is 6.46. The zero-order chi connectivity index (χ0) is 39.0. The molecular weight excluding hydrogens is 718 g/mol. The smallest absolute Gasteiger partial charge is 0.338 e. The summed E-state index contributed by atoms with van der Waals surface area (Å²) in [5, 5.41) is 8.88. The molecule has 13 heteroatoms. The maximum atomic E-state index is 15.9. The van der Waals surface area contributed by atoms with Crippen LogP contribution in [0.3, 0.4) is 0 Å². The number of hydrogen-bond acceptors (Lipinski definition) is 10. The Morgan fingerprint density at radius 2 is 1.51 bits per heavy atom. The maximum absolute atomic E-state index is 15.9. The van der Waals surface area contributed by atoms with Crippen molar-refractivity contribution < 1.29 is 33.2 Å². The topological polar surface area (TPSA) is 111 Å². The molecule has 0 atom stereocenters. The van der Waals surface area contributed by atoms with E-state index in [1.54, 1.807) is 22.8 Å². The highest BCUT2D eigenvalue weighted by Gasteiger charge is 2.21. The van der Waals surface area contributed by atoms with E-state index < -0.39 is 19.9 Å². The molecule has 0 unspecified atom stereocenters. The van der Waals surface area contributed by atoms with Crippen LogP contribution in [0.25, 0.3) is 33.5 Å². The number of aliphatic hydroxyl groups is 1. The Morgan fingerprint density at radius 3 is 2.18 bits per heavy atom. The molecular formula is C42H52FN5O6Si. The number of imidazole rings is 1. The third-order valence-electron chi connectivity index (χ3n) is 9.80. The second-order valence-electron chi connectivity index (χ2n) is 15.1. The third kappa shape index (κ3) is 10.6. The fourth-order valence-corrected chi connectivity index (χ4v) is 7.21. The van der Waals surface area contributed by atoms with Crippen LogP contribution in [0.15, 0.2) is 72.8 Å². The predicted molar refractivity (Wildman–Crippen MR) is 215 cm³/mol. The average molecular weight is 770 g/mol. The predicted octanol–water partition coefficient (Wildman–Crippen LogP) is 7.23. The molecule has 0 radical (unpaired) electrons. The number of esters is 1. The summed E-state index contributed by atoms with van der Waals surface area (Å²) in [6.45, 7) is 16.2. The van der Waals surface area contributed by atoms with Gasteiger partial charge in [-0.3, -0.25) is 14.4 Å². The van der Waals surface area contributed by atoms with E-state index in [9.17, 15) is 4.79 Å². The van der Waals surface area contributed by atoms with E-state index in [2.05, 4.69) is 63.7 Å². The minimum Gasteiger partial charge on any atom is -0.465 e. The van der Waals surface area contributed by atoms with Crippen molar-refractivity contribution >= 4 is 25.2 Å². The molecule has 0 saturated carbocycles. The number of halogens is 1. The largest absolute Gasteiger partial charge is 0.465 e. The van der Waals surface area contributed by atoms with Crippen molar-refractivity contribution in [2.45, 2.75) is 45.9 Å². The number of hydrogen-bond donors (Lipinski definition) is 1. The summed E-state index contributed by atoms with van der Waals surface area (Å²) >= 11 is 0. The van der Waals surface area contributed by atoms with Gasteiger partial charge < -0.3 is 24.1 Å². The molecule has 1 aliphatic rings. The summed E-state index contributed by atoms with van der Waals surface area (Å²) in [6, 6.07) is 24.0. The maximum Gasteiger partial charge on any atom is 0.338 e. The Bertz CT molecular complexity index is 2040. The minimum absolute atomic E-state index is 0.0628. The van der Waals surface area contributed by atoms with E-state index >= 15 is 4.39 Å². The number of benzene rings is 3. The molecule has 0 amide bonds. The zero-order valence-corrected chi connectivity index (χ0v) is 33.5. The molecule has 3 aromatic carbocycles. The van der Waals surface area contributed by atoms with E-state index in [4.69, 9.17) is 24.1 Å². The highest BCUT2D eigenvalue weighted by molar-refractivity contribution is 6.76. The number of nitrogens with zero attached hydrogens (tertiary/aromatic N) is 5. The van der Waals surface area contributed by atoms with Crippen LogP contribution in [0.4, 0.5) is 4.39 Å². The number of methoxy groups -OCH3 is 1. The number of aliphatic hydroxyl groups excluding tert-OH is 1. The van der Waals surface area contributed by atoms with Crippen LogP contribution < -0.4 is 4.74 Å². The Kier molecular flexibility index (Phi) is 13.5. The quantitative estimate of drug-likeness (QED) is 0.0591. The lowest BCUT2D eigenvalue weighted by atomic mass is 10.0. The van der Waals surface area contributed by atoms with Crippen molar-refractivity contribution in [2.75, 3.05) is 66.3 Å². The molecule has 6 rings (SSSR count). The standard InChI is InChI=1S/C42H52FN5O6Si/c1-30-6-15-35(26-36(30)41(50)51-2)54-42-45-40-38(48(42)29-53-24-25-55(3,4)5)27-37(43)39(44-40)34-13-11-33(12-14-34)32-9-7-31(8-10-32)28-47-18-16-46(17-19-47)20-22-52-23-21-49/h6-15,26-27,49H,16-25,28-29H2,1-5H3. The molecule has 292 valence electrons. The van der Waals surface area contributed by atoms with Gasteiger partial charge in [-0.05, 0) is 47.4 Å². The van der Waals surface area contributed by atoms with Gasteiger partial charge in [-0.15, -0.1) is 0 Å². The van der Waals surface area contributed by atoms with Gasteiger partial charge in [-0.1, -0.05) is 74.2 Å². The first-order valence-corrected chi connectivity index (χ1v) is 22.6. The third-order valence-corrected chi connectivity index (χ3v) is 11.5. The normalized spacial score (nSPS) is 14.1. The monoisotopic (exact) mass is 769 g/mol. The van der Waals surface area contributed by atoms with E-state index in [1.165, 1.54) is 18.7 Å². The number of carbonyl (C=O) groups excluding carboxylic acids is 1. The molecule has 1 saturated heterocycles. The van der Waals surface area contributed by atoms with Crippen LogP contribution in [0.5, 0.6) is 11.8 Å². The van der Waals surface area contributed by atoms with Crippen molar-refractivity contribution in [1.29, 1.82) is 0 Å². The molecule has 0 aliphatic carbocycles. The fraction of sp³-hybridized carbons (Fsp3) is 0.405. The Hall–Kier alpha value is -4.50. The first-order chi connectivity index (χ1) is 26.5. The number of piperazine rings is 1. The highest BCUT2D eigenvalue weighted by Crippen LogP contribution is 2.32. The van der Waals surface area contributed by atoms with Gasteiger partial charge in [-0.25, -0.2) is 14.2 Å². The first-order valence-electron chi connectivity index (χ1n) is 18.9. The summed E-state index contributed by atoms with van der Waals surface area (Å²) < 4.78 is 40.2. The average Bonchev–Trinajstić information content (AvgIpc) is 3.50. The van der Waals surface area contributed by atoms with Gasteiger partial charge in [0.1, 0.15) is 18.2 Å². The van der Waals surface area contributed by atoms with Crippen LogP contribution in [0, 0.1) is 12.7 Å². The first kappa shape index (κ1) is 40.2. The van der Waals surface area contributed by atoms with E-state index in [0.717, 1.165) is 62.0 Å². The minimum atomic E-state index is -1.34. The van der Waals surface area contributed by atoms with Crippen molar-refractivity contribution in [3.63, 3.8) is 0 Å². The van der Waals surface area contributed by atoms with Gasteiger partial charge in [0.05, 0.1) is 38.0 Å². The lowest BCUT2D eigenvalue weighted by Gasteiger charge is -2.34. The van der Waals surface area contributed by atoms with Gasteiger partial charge in [0.25, 0.3) is 0 Å². The Morgan fingerprint density at radius 1 is 0.836 bits per heavy atom. The number of rotatable bonds is 17. The van der Waals surface area contributed by atoms with Crippen LogP contribution in [-0.4, -0.2) is 110 Å². The number of carbonyl (C=O) groups is 1. The second-order valence-corrected chi connectivity index (χ2v) is 20.8. The molecule has 5 aromatic rings. The number of aromatic nitrogens is 3. The summed E-state index contributed by atoms with van der Waals surface area (Å²) in [7, 11) is -0.00497. The van der Waals surface area contributed by atoms with E-state index in [-0.39, 0.29) is 25.0 Å². The molecule has 55 heavy (non-hydrogen) atoms. The van der Waals surface area contributed by atoms with Crippen molar-refractivity contribution in [2.24, 2.45) is 0 Å². The summed E-state index contributed by atoms with van der Waals surface area (Å²) in [5.74, 6) is -0.578. The molecule has 1 fully saturated rings. The van der Waals surface area contributed by atoms with Gasteiger partial charge in [-0.2, -0.15) is 4.98 Å². The SMILES string of the molecule is COC(=O)c1cc(Oc2nc3nc(-c4ccc(-c5ccc(CN6CCN(CCOCCO)CC6)cc5)cc4)c(F)cc3n2COCC[Si](C)(C)C)ccc1C. The molecule has 1 N–H and O–H groups in total.